The Bertz CT molecular complexity index is 660. The smallest absolute Gasteiger partial charge is 0.0725 e. The molecule has 1 aromatic carbocycles. The molecule has 0 aliphatic rings. The van der Waals surface area contributed by atoms with Gasteiger partial charge in [0.15, 0.2) is 0 Å². The molecule has 0 aliphatic carbocycles. The van der Waals surface area contributed by atoms with Crippen molar-refractivity contribution < 1.29 is 0 Å². The number of pyridine rings is 2. The first-order valence-electron chi connectivity index (χ1n) is 5.61. The number of nitrogens with zero attached hydrogens (tertiary/aromatic N) is 2. The van der Waals surface area contributed by atoms with Gasteiger partial charge in [-0.05, 0) is 37.3 Å². The highest BCUT2D eigenvalue weighted by Crippen LogP contribution is 2.20. The number of aryl methyl sites for hydroxylation is 1. The van der Waals surface area contributed by atoms with Crippen LogP contribution < -0.4 is 0 Å². The number of benzene rings is 1. The molecule has 2 heterocycles. The zero-order chi connectivity index (χ0) is 11.7. The largest absolute Gasteiger partial charge is 0.264 e. The Balaban J connectivity index is 2.17. The molecule has 0 N–H and O–H groups in total. The molecule has 2 heteroatoms. The molecular weight excluding hydrogens is 208 g/mol. The van der Waals surface area contributed by atoms with Crippen LogP contribution in [0.3, 0.4) is 0 Å². The summed E-state index contributed by atoms with van der Waals surface area (Å²) in [6.45, 7) is 2.09. The van der Waals surface area contributed by atoms with Crippen LogP contribution in [0.15, 0.2) is 54.9 Å². The first kappa shape index (κ1) is 9.97. The number of aromatic nitrogens is 2. The van der Waals surface area contributed by atoms with Gasteiger partial charge in [-0.3, -0.25) is 4.98 Å². The van der Waals surface area contributed by atoms with Crippen molar-refractivity contribution in [2.24, 2.45) is 0 Å². The summed E-state index contributed by atoms with van der Waals surface area (Å²) in [6.07, 6.45) is 3.61. The maximum absolute atomic E-state index is 4.65. The molecule has 2 aromatic heterocycles. The van der Waals surface area contributed by atoms with Crippen molar-refractivity contribution >= 4 is 10.9 Å². The van der Waals surface area contributed by atoms with E-state index in [9.17, 15) is 0 Å². The minimum atomic E-state index is 0.967. The van der Waals surface area contributed by atoms with E-state index in [-0.39, 0.29) is 0 Å². The lowest BCUT2D eigenvalue weighted by Crippen LogP contribution is -1.86. The Morgan fingerprint density at radius 3 is 2.76 bits per heavy atom. The van der Waals surface area contributed by atoms with Gasteiger partial charge in [-0.1, -0.05) is 17.7 Å². The monoisotopic (exact) mass is 220 g/mol. The summed E-state index contributed by atoms with van der Waals surface area (Å²) >= 11 is 0. The molecule has 3 aromatic rings. The van der Waals surface area contributed by atoms with Crippen LogP contribution in [0, 0.1) is 6.92 Å². The number of hydrogen-bond donors (Lipinski definition) is 0. The SMILES string of the molecule is Cc1ccc2nc(-c3cccnc3)ccc2c1. The summed E-state index contributed by atoms with van der Waals surface area (Å²) in [6, 6.07) is 14.4. The van der Waals surface area contributed by atoms with Gasteiger partial charge in [0.1, 0.15) is 0 Å². The standard InChI is InChI=1S/C15H12N2/c1-11-4-6-14-12(9-11)5-7-15(17-14)13-3-2-8-16-10-13/h2-10H,1H3. The first-order chi connectivity index (χ1) is 8.33. The third-order valence-corrected chi connectivity index (χ3v) is 2.80. The average Bonchev–Trinajstić information content (AvgIpc) is 2.39. The van der Waals surface area contributed by atoms with Crippen molar-refractivity contribution in [3.05, 3.63) is 60.4 Å². The normalized spacial score (nSPS) is 10.6. The summed E-state index contributed by atoms with van der Waals surface area (Å²) in [5.41, 5.74) is 4.30. The second kappa shape index (κ2) is 3.98. The van der Waals surface area contributed by atoms with Crippen LogP contribution in [-0.2, 0) is 0 Å². The van der Waals surface area contributed by atoms with Crippen molar-refractivity contribution in [3.8, 4) is 11.3 Å². The lowest BCUT2D eigenvalue weighted by Gasteiger charge is -2.03. The van der Waals surface area contributed by atoms with E-state index in [0.29, 0.717) is 0 Å². The lowest BCUT2D eigenvalue weighted by molar-refractivity contribution is 1.30. The van der Waals surface area contributed by atoms with Crippen LogP contribution >= 0.6 is 0 Å². The van der Waals surface area contributed by atoms with E-state index in [4.69, 9.17) is 0 Å². The second-order valence-electron chi connectivity index (χ2n) is 4.13. The van der Waals surface area contributed by atoms with Gasteiger partial charge < -0.3 is 0 Å². The van der Waals surface area contributed by atoms with Crippen LogP contribution in [0.1, 0.15) is 5.56 Å². The lowest BCUT2D eigenvalue weighted by atomic mass is 10.1. The van der Waals surface area contributed by atoms with Crippen molar-refractivity contribution in [2.75, 3.05) is 0 Å². The molecule has 0 bridgehead atoms. The number of hydrogen-bond acceptors (Lipinski definition) is 2. The minimum absolute atomic E-state index is 0.967. The molecule has 0 aliphatic heterocycles. The predicted octanol–water partition coefficient (Wildman–Crippen LogP) is 3.61. The topological polar surface area (TPSA) is 25.8 Å². The Labute approximate surface area is 100.0 Å². The quantitative estimate of drug-likeness (QED) is 0.626. The molecule has 3 rings (SSSR count). The fourth-order valence-corrected chi connectivity index (χ4v) is 1.92. The predicted molar refractivity (Wildman–Crippen MR) is 69.7 cm³/mol. The molecule has 0 spiro atoms. The minimum Gasteiger partial charge on any atom is -0.264 e. The third kappa shape index (κ3) is 1.89. The van der Waals surface area contributed by atoms with E-state index in [1.807, 2.05) is 24.4 Å². The molecule has 0 fully saturated rings. The molecule has 0 radical (unpaired) electrons. The Hall–Kier alpha value is -2.22. The van der Waals surface area contributed by atoms with E-state index in [0.717, 1.165) is 16.8 Å². The van der Waals surface area contributed by atoms with Gasteiger partial charge >= 0.3 is 0 Å². The van der Waals surface area contributed by atoms with Gasteiger partial charge in [0.25, 0.3) is 0 Å². The molecule has 0 atom stereocenters. The summed E-state index contributed by atoms with van der Waals surface area (Å²) < 4.78 is 0. The van der Waals surface area contributed by atoms with Gasteiger partial charge in [0.05, 0.1) is 11.2 Å². The molecule has 0 amide bonds. The summed E-state index contributed by atoms with van der Waals surface area (Å²) in [7, 11) is 0. The summed E-state index contributed by atoms with van der Waals surface area (Å²) in [5, 5.41) is 1.18. The van der Waals surface area contributed by atoms with E-state index in [1.165, 1.54) is 10.9 Å². The summed E-state index contributed by atoms with van der Waals surface area (Å²) in [5.74, 6) is 0. The second-order valence-corrected chi connectivity index (χ2v) is 4.13. The van der Waals surface area contributed by atoms with E-state index in [2.05, 4.69) is 41.2 Å². The van der Waals surface area contributed by atoms with E-state index < -0.39 is 0 Å². The van der Waals surface area contributed by atoms with Gasteiger partial charge in [0.2, 0.25) is 0 Å². The Kier molecular flexibility index (Phi) is 2.33. The highest BCUT2D eigenvalue weighted by atomic mass is 14.7. The van der Waals surface area contributed by atoms with Crippen LogP contribution in [-0.4, -0.2) is 9.97 Å². The van der Waals surface area contributed by atoms with Crippen molar-refractivity contribution in [1.29, 1.82) is 0 Å². The van der Waals surface area contributed by atoms with Crippen LogP contribution in [0.5, 0.6) is 0 Å². The molecule has 0 saturated carbocycles. The number of fused-ring (bicyclic) bond motifs is 1. The molecule has 82 valence electrons. The highest BCUT2D eigenvalue weighted by molar-refractivity contribution is 5.82. The van der Waals surface area contributed by atoms with Crippen LogP contribution in [0.4, 0.5) is 0 Å². The maximum atomic E-state index is 4.65. The molecular formula is C15H12N2. The van der Waals surface area contributed by atoms with Crippen LogP contribution in [0.25, 0.3) is 22.2 Å². The fraction of sp³-hybridized carbons (Fsp3) is 0.0667. The van der Waals surface area contributed by atoms with E-state index >= 15 is 0 Å². The van der Waals surface area contributed by atoms with Crippen molar-refractivity contribution in [3.63, 3.8) is 0 Å². The average molecular weight is 220 g/mol. The Morgan fingerprint density at radius 2 is 1.94 bits per heavy atom. The van der Waals surface area contributed by atoms with Gasteiger partial charge in [0, 0.05) is 23.3 Å². The molecule has 0 saturated heterocycles. The van der Waals surface area contributed by atoms with Crippen LogP contribution in [0.2, 0.25) is 0 Å². The zero-order valence-electron chi connectivity index (χ0n) is 9.59. The van der Waals surface area contributed by atoms with E-state index in [1.54, 1.807) is 6.20 Å². The number of rotatable bonds is 1. The summed E-state index contributed by atoms with van der Waals surface area (Å²) in [4.78, 5) is 8.76. The third-order valence-electron chi connectivity index (χ3n) is 2.80. The van der Waals surface area contributed by atoms with Crippen molar-refractivity contribution in [2.45, 2.75) is 6.92 Å². The van der Waals surface area contributed by atoms with Gasteiger partial charge in [-0.15, -0.1) is 0 Å². The Morgan fingerprint density at radius 1 is 1.00 bits per heavy atom. The van der Waals surface area contributed by atoms with Gasteiger partial charge in [-0.2, -0.15) is 0 Å². The zero-order valence-corrected chi connectivity index (χ0v) is 9.59. The van der Waals surface area contributed by atoms with Crippen molar-refractivity contribution in [1.82, 2.24) is 9.97 Å². The molecule has 2 nitrogen and oxygen atoms in total. The highest BCUT2D eigenvalue weighted by Gasteiger charge is 2.01. The molecule has 0 unspecified atom stereocenters. The first-order valence-corrected chi connectivity index (χ1v) is 5.61. The van der Waals surface area contributed by atoms with Gasteiger partial charge in [-0.25, -0.2) is 4.98 Å². The maximum Gasteiger partial charge on any atom is 0.0725 e. The fourth-order valence-electron chi connectivity index (χ4n) is 1.92. The molecule has 17 heavy (non-hydrogen) atoms.